The summed E-state index contributed by atoms with van der Waals surface area (Å²) >= 11 is 4.68. The van der Waals surface area contributed by atoms with Crippen molar-refractivity contribution in [1.29, 1.82) is 0 Å². The molecule has 1 fully saturated rings. The molecule has 0 bridgehead atoms. The third-order valence-corrected chi connectivity index (χ3v) is 8.16. The van der Waals surface area contributed by atoms with Crippen LogP contribution < -0.4 is 4.72 Å². The van der Waals surface area contributed by atoms with Gasteiger partial charge in [0.1, 0.15) is 4.21 Å². The summed E-state index contributed by atoms with van der Waals surface area (Å²) in [7, 11) is -3.38. The highest BCUT2D eigenvalue weighted by molar-refractivity contribution is 9.11. The van der Waals surface area contributed by atoms with E-state index in [4.69, 9.17) is 0 Å². The molecule has 1 aliphatic carbocycles. The number of halogens is 1. The number of hydrogen-bond donors (Lipinski definition) is 1. The van der Waals surface area contributed by atoms with Crippen molar-refractivity contribution >= 4 is 37.3 Å². The first kappa shape index (κ1) is 16.5. The van der Waals surface area contributed by atoms with Crippen LogP contribution in [0.4, 0.5) is 0 Å². The predicted molar refractivity (Wildman–Crippen MR) is 87.7 cm³/mol. The van der Waals surface area contributed by atoms with E-state index in [-0.39, 0.29) is 6.04 Å². The molecule has 20 heavy (non-hydrogen) atoms. The molecule has 0 saturated heterocycles. The Labute approximate surface area is 134 Å². The van der Waals surface area contributed by atoms with Crippen LogP contribution in [0, 0.1) is 12.8 Å². The van der Waals surface area contributed by atoms with Gasteiger partial charge in [0.05, 0.1) is 3.79 Å². The zero-order chi connectivity index (χ0) is 14.8. The van der Waals surface area contributed by atoms with Crippen LogP contribution in [0.15, 0.2) is 14.1 Å². The maximum absolute atomic E-state index is 12.5. The van der Waals surface area contributed by atoms with E-state index in [2.05, 4.69) is 27.6 Å². The van der Waals surface area contributed by atoms with Crippen molar-refractivity contribution in [2.24, 2.45) is 5.92 Å². The Bertz CT molecular complexity index is 528. The molecule has 1 aromatic rings. The fourth-order valence-electron chi connectivity index (χ4n) is 2.87. The molecule has 1 heterocycles. The molecule has 0 amide bonds. The second kappa shape index (κ2) is 6.90. The fraction of sp³-hybridized carbons (Fsp3) is 0.714. The molecular formula is C14H22BrNO2S2. The predicted octanol–water partition coefficient (Wildman–Crippen LogP) is 4.46. The number of aryl methyl sites for hydroxylation is 1. The van der Waals surface area contributed by atoms with E-state index in [1.54, 1.807) is 6.07 Å². The van der Waals surface area contributed by atoms with Gasteiger partial charge in [-0.2, -0.15) is 0 Å². The van der Waals surface area contributed by atoms with Gasteiger partial charge in [-0.15, -0.1) is 11.3 Å². The number of nitrogens with one attached hydrogen (secondary N) is 1. The molecule has 114 valence electrons. The highest BCUT2D eigenvalue weighted by Gasteiger charge is 2.28. The Morgan fingerprint density at radius 1 is 1.40 bits per heavy atom. The van der Waals surface area contributed by atoms with Gasteiger partial charge < -0.3 is 0 Å². The van der Waals surface area contributed by atoms with Gasteiger partial charge in [0, 0.05) is 6.04 Å². The largest absolute Gasteiger partial charge is 0.250 e. The van der Waals surface area contributed by atoms with E-state index in [0.717, 1.165) is 28.6 Å². The lowest BCUT2D eigenvalue weighted by molar-refractivity contribution is 0.285. The number of sulfonamides is 1. The third kappa shape index (κ3) is 3.84. The first-order chi connectivity index (χ1) is 9.44. The molecule has 2 rings (SSSR count). The van der Waals surface area contributed by atoms with Gasteiger partial charge in [0.25, 0.3) is 0 Å². The summed E-state index contributed by atoms with van der Waals surface area (Å²) in [6.45, 7) is 3.98. The topological polar surface area (TPSA) is 46.2 Å². The molecule has 1 saturated carbocycles. The molecule has 0 radical (unpaired) electrons. The summed E-state index contributed by atoms with van der Waals surface area (Å²) in [6, 6.07) is 1.81. The van der Waals surface area contributed by atoms with E-state index in [0.29, 0.717) is 10.1 Å². The SMILES string of the molecule is CCC(NS(=O)(=O)c1cc(C)c(Br)s1)C1CCCCC1. The minimum atomic E-state index is -3.38. The Hall–Kier alpha value is 0.0900. The zero-order valence-corrected chi connectivity index (χ0v) is 15.2. The van der Waals surface area contributed by atoms with Crippen molar-refractivity contribution in [2.75, 3.05) is 0 Å². The summed E-state index contributed by atoms with van der Waals surface area (Å²) in [5, 5.41) is 0. The molecule has 1 aliphatic rings. The van der Waals surface area contributed by atoms with Crippen LogP contribution in [0.3, 0.4) is 0 Å². The van der Waals surface area contributed by atoms with Crippen molar-refractivity contribution in [3.63, 3.8) is 0 Å². The van der Waals surface area contributed by atoms with Crippen LogP contribution in [0.2, 0.25) is 0 Å². The smallest absolute Gasteiger partial charge is 0.207 e. The normalized spacial score (nSPS) is 19.1. The van der Waals surface area contributed by atoms with Crippen LogP contribution in [0.1, 0.15) is 51.0 Å². The summed E-state index contributed by atoms with van der Waals surface area (Å²) in [4.78, 5) is 0. The van der Waals surface area contributed by atoms with Gasteiger partial charge in [-0.3, -0.25) is 0 Å². The zero-order valence-electron chi connectivity index (χ0n) is 12.0. The summed E-state index contributed by atoms with van der Waals surface area (Å²) in [5.41, 5.74) is 0.973. The lowest BCUT2D eigenvalue weighted by Crippen LogP contribution is -2.40. The van der Waals surface area contributed by atoms with Crippen molar-refractivity contribution in [3.8, 4) is 0 Å². The van der Waals surface area contributed by atoms with Gasteiger partial charge in [-0.1, -0.05) is 26.2 Å². The third-order valence-electron chi connectivity index (χ3n) is 4.06. The molecule has 1 unspecified atom stereocenters. The average molecular weight is 380 g/mol. The Morgan fingerprint density at radius 3 is 2.55 bits per heavy atom. The van der Waals surface area contributed by atoms with Crippen molar-refractivity contribution < 1.29 is 8.42 Å². The van der Waals surface area contributed by atoms with Gasteiger partial charge in [0.2, 0.25) is 10.0 Å². The lowest BCUT2D eigenvalue weighted by Gasteiger charge is -2.29. The van der Waals surface area contributed by atoms with Crippen LogP contribution in [0.5, 0.6) is 0 Å². The molecule has 0 spiro atoms. The molecule has 0 aromatic carbocycles. The summed E-state index contributed by atoms with van der Waals surface area (Å²) in [6.07, 6.45) is 6.90. The van der Waals surface area contributed by atoms with E-state index >= 15 is 0 Å². The van der Waals surface area contributed by atoms with Gasteiger partial charge in [-0.05, 0) is 59.7 Å². The molecule has 6 heteroatoms. The first-order valence-corrected chi connectivity index (χ1v) is 10.3. The highest BCUT2D eigenvalue weighted by atomic mass is 79.9. The van der Waals surface area contributed by atoms with E-state index < -0.39 is 10.0 Å². The molecule has 1 N–H and O–H groups in total. The van der Waals surface area contributed by atoms with E-state index in [9.17, 15) is 8.42 Å². The Kier molecular flexibility index (Phi) is 5.68. The molecular weight excluding hydrogens is 358 g/mol. The highest BCUT2D eigenvalue weighted by Crippen LogP contribution is 2.32. The minimum absolute atomic E-state index is 0.0708. The number of thiophene rings is 1. The van der Waals surface area contributed by atoms with Crippen LogP contribution in [0.25, 0.3) is 0 Å². The van der Waals surface area contributed by atoms with Crippen molar-refractivity contribution in [3.05, 3.63) is 15.4 Å². The summed E-state index contributed by atoms with van der Waals surface area (Å²) in [5.74, 6) is 0.494. The average Bonchev–Trinajstić information content (AvgIpc) is 2.78. The standard InChI is InChI=1S/C14H22BrNO2S2/c1-3-12(11-7-5-4-6-8-11)16-20(17,18)13-9-10(2)14(15)19-13/h9,11-12,16H,3-8H2,1-2H3. The van der Waals surface area contributed by atoms with Crippen molar-refractivity contribution in [1.82, 2.24) is 4.72 Å². The van der Waals surface area contributed by atoms with Crippen LogP contribution >= 0.6 is 27.3 Å². The minimum Gasteiger partial charge on any atom is -0.207 e. The maximum atomic E-state index is 12.5. The second-order valence-corrected chi connectivity index (χ2v) is 9.87. The Balaban J connectivity index is 2.12. The molecule has 0 aliphatic heterocycles. The van der Waals surface area contributed by atoms with Crippen LogP contribution in [-0.2, 0) is 10.0 Å². The first-order valence-electron chi connectivity index (χ1n) is 7.22. The quantitative estimate of drug-likeness (QED) is 0.820. The van der Waals surface area contributed by atoms with Crippen molar-refractivity contribution in [2.45, 2.75) is 62.6 Å². The van der Waals surface area contributed by atoms with Gasteiger partial charge >= 0.3 is 0 Å². The number of rotatable bonds is 5. The van der Waals surface area contributed by atoms with E-state index in [1.165, 1.54) is 30.6 Å². The lowest BCUT2D eigenvalue weighted by atomic mass is 9.83. The molecule has 1 aromatic heterocycles. The van der Waals surface area contributed by atoms with Gasteiger partial charge in [0.15, 0.2) is 0 Å². The maximum Gasteiger partial charge on any atom is 0.250 e. The van der Waals surface area contributed by atoms with Crippen LogP contribution in [-0.4, -0.2) is 14.5 Å². The Morgan fingerprint density at radius 2 is 2.05 bits per heavy atom. The fourth-order valence-corrected chi connectivity index (χ4v) is 6.50. The monoisotopic (exact) mass is 379 g/mol. The second-order valence-electron chi connectivity index (χ2n) is 5.56. The number of hydrogen-bond acceptors (Lipinski definition) is 3. The van der Waals surface area contributed by atoms with E-state index in [1.807, 2.05) is 6.92 Å². The summed E-state index contributed by atoms with van der Waals surface area (Å²) < 4.78 is 29.2. The van der Waals surface area contributed by atoms with Gasteiger partial charge in [-0.25, -0.2) is 13.1 Å². The molecule has 1 atom stereocenters. The molecule has 3 nitrogen and oxygen atoms in total.